The predicted molar refractivity (Wildman–Crippen MR) is 92.9 cm³/mol. The summed E-state index contributed by atoms with van der Waals surface area (Å²) in [5, 5.41) is 0. The summed E-state index contributed by atoms with van der Waals surface area (Å²) in [6.45, 7) is 6.47. The molecule has 0 saturated heterocycles. The molecule has 0 N–H and O–H groups in total. The third-order valence-corrected chi connectivity index (χ3v) is 6.02. The molecular formula is C20H19ClO4Se. The number of hydrogen-bond acceptors (Lipinski definition) is 4. The van der Waals surface area contributed by atoms with E-state index in [0.717, 1.165) is 0 Å². The van der Waals surface area contributed by atoms with Crippen LogP contribution in [0.2, 0.25) is 0 Å². The van der Waals surface area contributed by atoms with Gasteiger partial charge < -0.3 is 0 Å². The van der Waals surface area contributed by atoms with Crippen LogP contribution < -0.4 is 18.6 Å². The molecule has 6 heteroatoms. The Bertz CT molecular complexity index is 787. The molecule has 0 amide bonds. The Balaban J connectivity index is 0.000000431. The zero-order valence-electron chi connectivity index (χ0n) is 14.7. The Morgan fingerprint density at radius 3 is 1.19 bits per heavy atom. The third-order valence-electron chi connectivity index (χ3n) is 3.61. The SMILES string of the molecule is Cc1ccc(-c2cc(C)cc(-c3ccc(C)cc3)[se+]2)cc1.[O-][Cl+3]([O-])([O-])[O-]. The van der Waals surface area contributed by atoms with E-state index in [9.17, 15) is 0 Å². The average Bonchev–Trinajstić information content (AvgIpc) is 2.54. The summed E-state index contributed by atoms with van der Waals surface area (Å²) in [4.78, 5) is 0. The van der Waals surface area contributed by atoms with Gasteiger partial charge in [-0.3, -0.25) is 0 Å². The third kappa shape index (κ3) is 6.98. The van der Waals surface area contributed by atoms with Gasteiger partial charge >= 0.3 is 133 Å². The molecule has 0 bridgehead atoms. The van der Waals surface area contributed by atoms with Crippen molar-refractivity contribution >= 4 is 14.5 Å². The van der Waals surface area contributed by atoms with Crippen LogP contribution in [0, 0.1) is 31.0 Å². The van der Waals surface area contributed by atoms with Crippen molar-refractivity contribution in [3.63, 3.8) is 0 Å². The van der Waals surface area contributed by atoms with E-state index >= 15 is 0 Å². The maximum Gasteiger partial charge on any atom is -0.112 e. The number of aryl methyl sites for hydroxylation is 3. The average molecular weight is 438 g/mol. The first-order chi connectivity index (χ1) is 12.1. The number of halogens is 1. The second-order valence-corrected chi connectivity index (χ2v) is 9.00. The van der Waals surface area contributed by atoms with Gasteiger partial charge in [0.05, 0.1) is 0 Å². The van der Waals surface area contributed by atoms with Gasteiger partial charge in [-0.15, -0.1) is 10.2 Å². The number of rotatable bonds is 2. The van der Waals surface area contributed by atoms with Gasteiger partial charge in [-0.05, 0) is 0 Å². The Hall–Kier alpha value is -1.56. The quantitative estimate of drug-likeness (QED) is 0.547. The molecule has 3 aromatic rings. The second kappa shape index (κ2) is 8.89. The van der Waals surface area contributed by atoms with Gasteiger partial charge in [-0.2, -0.15) is 0 Å². The smallest absolute Gasteiger partial charge is 0.112 e. The molecule has 3 rings (SSSR count). The van der Waals surface area contributed by atoms with Crippen molar-refractivity contribution in [2.75, 3.05) is 0 Å². The van der Waals surface area contributed by atoms with E-state index in [-0.39, 0.29) is 0 Å². The van der Waals surface area contributed by atoms with Crippen molar-refractivity contribution in [3.05, 3.63) is 77.4 Å². The largest absolute Gasteiger partial charge is 0.222 e. The first-order valence-electron chi connectivity index (χ1n) is 7.82. The molecule has 0 unspecified atom stereocenters. The Morgan fingerprint density at radius 2 is 0.885 bits per heavy atom. The van der Waals surface area contributed by atoms with Gasteiger partial charge in [0, 0.05) is 0 Å². The fraction of sp³-hybridized carbons (Fsp3) is 0.150. The molecule has 136 valence electrons. The Labute approximate surface area is 161 Å². The topological polar surface area (TPSA) is 92.2 Å². The molecular weight excluding hydrogens is 419 g/mol. The molecule has 0 aliphatic carbocycles. The Kier molecular flexibility index (Phi) is 7.09. The van der Waals surface area contributed by atoms with Crippen molar-refractivity contribution in [2.45, 2.75) is 20.8 Å². The van der Waals surface area contributed by atoms with Gasteiger partial charge in [0.25, 0.3) is 0 Å². The van der Waals surface area contributed by atoms with Crippen LogP contribution in [-0.2, 0) is 0 Å². The van der Waals surface area contributed by atoms with Crippen LogP contribution in [0.25, 0.3) is 20.0 Å². The summed E-state index contributed by atoms with van der Waals surface area (Å²) < 4.78 is 36.9. The molecule has 26 heavy (non-hydrogen) atoms. The van der Waals surface area contributed by atoms with Gasteiger partial charge in [-0.25, -0.2) is 18.6 Å². The summed E-state index contributed by atoms with van der Waals surface area (Å²) in [6.07, 6.45) is 0. The van der Waals surface area contributed by atoms with Crippen LogP contribution in [0.5, 0.6) is 0 Å². The summed E-state index contributed by atoms with van der Waals surface area (Å²) in [7, 11) is -4.94. The molecule has 0 fully saturated rings. The molecule has 0 spiro atoms. The van der Waals surface area contributed by atoms with Crippen molar-refractivity contribution < 1.29 is 28.9 Å². The minimum Gasteiger partial charge on any atom is -0.222 e. The van der Waals surface area contributed by atoms with Crippen LogP contribution in [0.4, 0.5) is 0 Å². The maximum absolute atomic E-state index is 8.49. The van der Waals surface area contributed by atoms with Crippen molar-refractivity contribution in [2.24, 2.45) is 0 Å². The van der Waals surface area contributed by atoms with Crippen molar-refractivity contribution in [3.8, 4) is 20.0 Å². The molecule has 0 saturated carbocycles. The van der Waals surface area contributed by atoms with Crippen molar-refractivity contribution in [1.29, 1.82) is 0 Å². The molecule has 0 radical (unpaired) electrons. The molecule has 1 aromatic heterocycles. The second-order valence-electron chi connectivity index (χ2n) is 5.97. The number of benzene rings is 2. The van der Waals surface area contributed by atoms with E-state index in [2.05, 4.69) is 81.4 Å². The zero-order chi connectivity index (χ0) is 19.3. The van der Waals surface area contributed by atoms with Gasteiger partial charge in [0.15, 0.2) is 0 Å². The van der Waals surface area contributed by atoms with E-state index in [1.54, 1.807) is 0 Å². The minimum absolute atomic E-state index is 0.365. The van der Waals surface area contributed by atoms with Crippen LogP contribution in [0.15, 0.2) is 60.7 Å². The Morgan fingerprint density at radius 1 is 0.577 bits per heavy atom. The fourth-order valence-corrected chi connectivity index (χ4v) is 4.94. The van der Waals surface area contributed by atoms with Crippen molar-refractivity contribution in [1.82, 2.24) is 0 Å². The predicted octanol–water partition coefficient (Wildman–Crippen LogP) is 0.528. The van der Waals surface area contributed by atoms with Gasteiger partial charge in [-0.1, -0.05) is 0 Å². The van der Waals surface area contributed by atoms with Gasteiger partial charge in [0.1, 0.15) is 0 Å². The van der Waals surface area contributed by atoms with E-state index in [1.165, 1.54) is 36.7 Å². The first-order valence-corrected chi connectivity index (χ1v) is 10.8. The molecule has 0 atom stereocenters. The van der Waals surface area contributed by atoms with Crippen LogP contribution in [-0.4, -0.2) is 14.5 Å². The van der Waals surface area contributed by atoms with E-state index in [4.69, 9.17) is 18.6 Å². The monoisotopic (exact) mass is 438 g/mol. The summed E-state index contributed by atoms with van der Waals surface area (Å²) >= 11 is 0.365. The van der Waals surface area contributed by atoms with Crippen LogP contribution in [0.3, 0.4) is 0 Å². The number of hydrogen-bond donors (Lipinski definition) is 0. The van der Waals surface area contributed by atoms with Crippen LogP contribution in [0.1, 0.15) is 16.7 Å². The normalized spacial score (nSPS) is 10.9. The molecule has 1 heterocycles. The summed E-state index contributed by atoms with van der Waals surface area (Å²) in [5.74, 6) is 0. The van der Waals surface area contributed by atoms with Gasteiger partial charge in [0.2, 0.25) is 0 Å². The maximum atomic E-state index is 8.49. The van der Waals surface area contributed by atoms with E-state index in [0.29, 0.717) is 14.5 Å². The summed E-state index contributed by atoms with van der Waals surface area (Å²) in [6, 6.07) is 22.4. The molecule has 0 aliphatic rings. The van der Waals surface area contributed by atoms with E-state index in [1.807, 2.05) is 0 Å². The standard InChI is InChI=1S/C20H19Se.ClHO4/c1-14-4-8-17(9-5-14)19-12-16(3)13-20(21-19)18-10-6-15(2)7-11-18;2-1(3,4)5/h4-13H,1-3H3;(H,2,3,4,5)/q+1;/p-1. The molecule has 4 nitrogen and oxygen atoms in total. The molecule has 0 aliphatic heterocycles. The van der Waals surface area contributed by atoms with E-state index < -0.39 is 10.2 Å². The molecule has 2 aromatic carbocycles. The zero-order valence-corrected chi connectivity index (χ0v) is 17.2. The fourth-order valence-electron chi connectivity index (χ4n) is 2.35. The minimum atomic E-state index is -4.94. The summed E-state index contributed by atoms with van der Waals surface area (Å²) in [5.41, 5.74) is 6.69. The first kappa shape index (κ1) is 20.7. The van der Waals surface area contributed by atoms with Crippen LogP contribution >= 0.6 is 0 Å².